The van der Waals surface area contributed by atoms with Crippen molar-refractivity contribution in [2.24, 2.45) is 5.92 Å². The Morgan fingerprint density at radius 3 is 2.29 bits per heavy atom. The first-order valence-corrected chi connectivity index (χ1v) is 9.35. The maximum Gasteiger partial charge on any atom is 0.243 e. The Bertz CT molecular complexity index is 748. The Labute approximate surface area is 150 Å². The Morgan fingerprint density at radius 2 is 1.67 bits per heavy atom. The highest BCUT2D eigenvalue weighted by Crippen LogP contribution is 2.26. The van der Waals surface area contributed by atoms with E-state index >= 15 is 0 Å². The van der Waals surface area contributed by atoms with Crippen LogP contribution < -0.4 is 5.32 Å². The first-order chi connectivity index (χ1) is 11.1. The van der Waals surface area contributed by atoms with Gasteiger partial charge in [0.25, 0.3) is 0 Å². The fraction of sp³-hybridized carbons (Fsp3) is 0.333. The molecule has 0 amide bonds. The van der Waals surface area contributed by atoms with E-state index in [-0.39, 0.29) is 12.4 Å². The van der Waals surface area contributed by atoms with Gasteiger partial charge in [-0.3, -0.25) is 0 Å². The number of halogens is 1. The summed E-state index contributed by atoms with van der Waals surface area (Å²) in [5.74, 6) is 0.401. The number of nitrogens with zero attached hydrogens (tertiary/aromatic N) is 1. The topological polar surface area (TPSA) is 49.4 Å². The number of sulfonamides is 1. The third-order valence-electron chi connectivity index (χ3n) is 4.34. The van der Waals surface area contributed by atoms with Crippen LogP contribution in [0.2, 0.25) is 0 Å². The van der Waals surface area contributed by atoms with Gasteiger partial charge in [0, 0.05) is 13.1 Å². The number of nitrogens with one attached hydrogen (secondary N) is 1. The van der Waals surface area contributed by atoms with Crippen molar-refractivity contribution in [2.75, 3.05) is 26.7 Å². The molecule has 24 heavy (non-hydrogen) atoms. The normalized spacial score (nSPS) is 18.3. The van der Waals surface area contributed by atoms with Crippen LogP contribution in [0.3, 0.4) is 0 Å². The van der Waals surface area contributed by atoms with E-state index < -0.39 is 10.0 Å². The predicted octanol–water partition coefficient (Wildman–Crippen LogP) is 3.01. The van der Waals surface area contributed by atoms with Gasteiger partial charge in [0.15, 0.2) is 0 Å². The van der Waals surface area contributed by atoms with Gasteiger partial charge in [-0.15, -0.1) is 12.4 Å². The summed E-state index contributed by atoms with van der Waals surface area (Å²) >= 11 is 0. The minimum absolute atomic E-state index is 0. The molecule has 6 heteroatoms. The Balaban J connectivity index is 0.00000208. The van der Waals surface area contributed by atoms with Gasteiger partial charge in [-0.05, 0) is 49.2 Å². The van der Waals surface area contributed by atoms with Crippen LogP contribution in [0, 0.1) is 5.92 Å². The average molecular weight is 367 g/mol. The molecule has 0 aliphatic carbocycles. The predicted molar refractivity (Wildman–Crippen MR) is 99.9 cm³/mol. The van der Waals surface area contributed by atoms with Gasteiger partial charge >= 0.3 is 0 Å². The molecule has 2 aromatic carbocycles. The molecule has 1 aliphatic rings. The largest absolute Gasteiger partial charge is 0.319 e. The third kappa shape index (κ3) is 3.98. The average Bonchev–Trinajstić information content (AvgIpc) is 3.06. The molecule has 3 rings (SSSR count). The van der Waals surface area contributed by atoms with E-state index in [9.17, 15) is 8.42 Å². The van der Waals surface area contributed by atoms with Gasteiger partial charge in [-0.1, -0.05) is 42.5 Å². The summed E-state index contributed by atoms with van der Waals surface area (Å²) in [4.78, 5) is 0.377. The fourth-order valence-corrected chi connectivity index (χ4v) is 4.60. The second-order valence-electron chi connectivity index (χ2n) is 5.97. The van der Waals surface area contributed by atoms with Crippen molar-refractivity contribution in [3.05, 3.63) is 54.6 Å². The van der Waals surface area contributed by atoms with E-state index in [0.717, 1.165) is 24.1 Å². The van der Waals surface area contributed by atoms with Gasteiger partial charge in [0.1, 0.15) is 0 Å². The minimum atomic E-state index is -3.38. The molecule has 0 radical (unpaired) electrons. The molecule has 2 aromatic rings. The summed E-state index contributed by atoms with van der Waals surface area (Å²) < 4.78 is 27.1. The molecular formula is C18H23ClN2O2S. The van der Waals surface area contributed by atoms with Crippen molar-refractivity contribution in [3.8, 4) is 11.1 Å². The first-order valence-electron chi connectivity index (χ1n) is 7.91. The molecule has 0 aromatic heterocycles. The van der Waals surface area contributed by atoms with Crippen molar-refractivity contribution in [3.63, 3.8) is 0 Å². The van der Waals surface area contributed by atoms with Crippen LogP contribution in [0.25, 0.3) is 11.1 Å². The molecule has 1 atom stereocenters. The van der Waals surface area contributed by atoms with E-state index in [1.807, 2.05) is 49.5 Å². The smallest absolute Gasteiger partial charge is 0.243 e. The van der Waals surface area contributed by atoms with Crippen molar-refractivity contribution < 1.29 is 8.42 Å². The highest BCUT2D eigenvalue weighted by Gasteiger charge is 2.32. The highest BCUT2D eigenvalue weighted by molar-refractivity contribution is 7.89. The zero-order valence-electron chi connectivity index (χ0n) is 13.7. The fourth-order valence-electron chi connectivity index (χ4n) is 3.07. The van der Waals surface area contributed by atoms with Crippen LogP contribution in [-0.4, -0.2) is 39.4 Å². The van der Waals surface area contributed by atoms with Crippen LogP contribution in [0.5, 0.6) is 0 Å². The van der Waals surface area contributed by atoms with Crippen LogP contribution in [-0.2, 0) is 10.0 Å². The van der Waals surface area contributed by atoms with Gasteiger partial charge < -0.3 is 5.32 Å². The van der Waals surface area contributed by atoms with Crippen molar-refractivity contribution in [2.45, 2.75) is 11.3 Å². The minimum Gasteiger partial charge on any atom is -0.319 e. The van der Waals surface area contributed by atoms with Gasteiger partial charge in [-0.2, -0.15) is 4.31 Å². The summed E-state index contributed by atoms with van der Waals surface area (Å²) in [6.07, 6.45) is 0.919. The summed E-state index contributed by atoms with van der Waals surface area (Å²) in [5.41, 5.74) is 2.12. The standard InChI is InChI=1S/C18H22N2O2S.ClH/c1-19-13-15-11-12-20(14-15)23(21,22)18-9-7-17(8-10-18)16-5-3-2-4-6-16;/h2-10,15,19H,11-14H2,1H3;1H. The lowest BCUT2D eigenvalue weighted by molar-refractivity contribution is 0.451. The Morgan fingerprint density at radius 1 is 1.04 bits per heavy atom. The van der Waals surface area contributed by atoms with E-state index in [2.05, 4.69) is 5.32 Å². The highest BCUT2D eigenvalue weighted by atomic mass is 35.5. The monoisotopic (exact) mass is 366 g/mol. The number of hydrogen-bond acceptors (Lipinski definition) is 3. The van der Waals surface area contributed by atoms with Crippen molar-refractivity contribution in [1.29, 1.82) is 0 Å². The van der Waals surface area contributed by atoms with E-state index in [1.165, 1.54) is 0 Å². The van der Waals surface area contributed by atoms with E-state index in [4.69, 9.17) is 0 Å². The molecule has 1 fully saturated rings. The van der Waals surface area contributed by atoms with Gasteiger partial charge in [-0.25, -0.2) is 8.42 Å². The lowest BCUT2D eigenvalue weighted by Crippen LogP contribution is -2.30. The van der Waals surface area contributed by atoms with Crippen LogP contribution in [0.15, 0.2) is 59.5 Å². The van der Waals surface area contributed by atoms with Crippen LogP contribution >= 0.6 is 12.4 Å². The Hall–Kier alpha value is -1.40. The second kappa shape index (κ2) is 8.12. The molecule has 130 valence electrons. The molecule has 0 spiro atoms. The number of hydrogen-bond donors (Lipinski definition) is 1. The molecular weight excluding hydrogens is 344 g/mol. The summed E-state index contributed by atoms with van der Waals surface area (Å²) in [7, 11) is -1.48. The second-order valence-corrected chi connectivity index (χ2v) is 7.90. The molecule has 0 saturated carbocycles. The summed E-state index contributed by atoms with van der Waals surface area (Å²) in [6, 6.07) is 17.1. The van der Waals surface area contributed by atoms with Gasteiger partial charge in [0.2, 0.25) is 10.0 Å². The SMILES string of the molecule is CNCC1CCN(S(=O)(=O)c2ccc(-c3ccccc3)cc2)C1.Cl. The lowest BCUT2D eigenvalue weighted by Gasteiger charge is -2.17. The quantitative estimate of drug-likeness (QED) is 0.884. The molecule has 0 bridgehead atoms. The zero-order chi connectivity index (χ0) is 16.3. The van der Waals surface area contributed by atoms with Gasteiger partial charge in [0.05, 0.1) is 4.90 Å². The maximum absolute atomic E-state index is 12.7. The van der Waals surface area contributed by atoms with E-state index in [1.54, 1.807) is 16.4 Å². The van der Waals surface area contributed by atoms with Crippen LogP contribution in [0.4, 0.5) is 0 Å². The molecule has 1 unspecified atom stereocenters. The maximum atomic E-state index is 12.7. The summed E-state index contributed by atoms with van der Waals surface area (Å²) in [5, 5.41) is 3.13. The zero-order valence-corrected chi connectivity index (χ0v) is 15.3. The van der Waals surface area contributed by atoms with E-state index in [0.29, 0.717) is 23.9 Å². The Kier molecular flexibility index (Phi) is 6.40. The number of rotatable bonds is 5. The number of benzene rings is 2. The van der Waals surface area contributed by atoms with Crippen molar-refractivity contribution >= 4 is 22.4 Å². The third-order valence-corrected chi connectivity index (χ3v) is 6.22. The molecule has 1 N–H and O–H groups in total. The lowest BCUT2D eigenvalue weighted by atomic mass is 10.1. The molecule has 1 saturated heterocycles. The summed E-state index contributed by atoms with van der Waals surface area (Å²) in [6.45, 7) is 2.07. The van der Waals surface area contributed by atoms with Crippen LogP contribution in [0.1, 0.15) is 6.42 Å². The first kappa shape index (κ1) is 18.9. The molecule has 1 heterocycles. The molecule has 1 aliphatic heterocycles. The van der Waals surface area contributed by atoms with Crippen molar-refractivity contribution in [1.82, 2.24) is 9.62 Å². The molecule has 4 nitrogen and oxygen atoms in total.